The van der Waals surface area contributed by atoms with Gasteiger partial charge < -0.3 is 10.2 Å². The molecule has 1 aliphatic carbocycles. The van der Waals surface area contributed by atoms with Crippen LogP contribution in [0.5, 0.6) is 0 Å². The van der Waals surface area contributed by atoms with Crippen LogP contribution in [0.25, 0.3) is 0 Å². The van der Waals surface area contributed by atoms with Crippen molar-refractivity contribution >= 4 is 11.6 Å². The van der Waals surface area contributed by atoms with E-state index in [9.17, 15) is 4.79 Å². The molecule has 0 bridgehead atoms. The highest BCUT2D eigenvalue weighted by molar-refractivity contribution is 6.03. The summed E-state index contributed by atoms with van der Waals surface area (Å²) in [6.07, 6.45) is 7.34. The molecule has 1 atom stereocenters. The second-order valence-electron chi connectivity index (χ2n) is 2.62. The Balaban J connectivity index is 2.70. The number of nitrogens with one attached hydrogen (secondary N) is 1. The van der Waals surface area contributed by atoms with Gasteiger partial charge in [0.25, 0.3) is 0 Å². The first-order chi connectivity index (χ1) is 6.24. The van der Waals surface area contributed by atoms with Gasteiger partial charge in [-0.25, -0.2) is 0 Å². The van der Waals surface area contributed by atoms with Crippen LogP contribution < -0.4 is 5.32 Å². The quantitative estimate of drug-likeness (QED) is 0.633. The fraction of sp³-hybridized carbons (Fsp3) is 0.333. The fourth-order valence-corrected chi connectivity index (χ4v) is 1.07. The van der Waals surface area contributed by atoms with E-state index in [1.165, 1.54) is 14.0 Å². The maximum atomic E-state index is 10.8. The largest absolute Gasteiger partial charge is 0.399 e. The number of amides is 1. The Labute approximate surface area is 76.9 Å². The van der Waals surface area contributed by atoms with E-state index >= 15 is 0 Å². The van der Waals surface area contributed by atoms with Gasteiger partial charge in [0.05, 0.1) is 6.04 Å². The molecule has 0 aromatic carbocycles. The van der Waals surface area contributed by atoms with E-state index < -0.39 is 0 Å². The van der Waals surface area contributed by atoms with Crippen LogP contribution in [0.4, 0.5) is 0 Å². The molecule has 1 rings (SSSR count). The number of carbonyl (C=O) groups excluding carboxylic acids is 1. The lowest BCUT2D eigenvalue weighted by Crippen LogP contribution is -2.38. The van der Waals surface area contributed by atoms with E-state index in [1.54, 1.807) is 6.08 Å². The van der Waals surface area contributed by atoms with Crippen molar-refractivity contribution in [3.8, 4) is 0 Å². The molecule has 0 heterocycles. The van der Waals surface area contributed by atoms with Crippen LogP contribution in [0, 0.1) is 0 Å². The highest BCUT2D eigenvalue weighted by Gasteiger charge is 2.13. The predicted octanol–water partition coefficient (Wildman–Crippen LogP) is 0.619. The number of carbonyl (C=O) groups is 1. The first kappa shape index (κ1) is 9.51. The van der Waals surface area contributed by atoms with Crippen molar-refractivity contribution in [3.05, 3.63) is 24.3 Å². The van der Waals surface area contributed by atoms with Crippen molar-refractivity contribution in [1.29, 1.82) is 0 Å². The van der Waals surface area contributed by atoms with Crippen LogP contribution >= 0.6 is 0 Å². The molecular formula is C9H12N2O2. The minimum atomic E-state index is -0.178. The van der Waals surface area contributed by atoms with E-state index in [0.29, 0.717) is 5.71 Å². The summed E-state index contributed by atoms with van der Waals surface area (Å²) in [5.74, 6) is -0.0891. The molecule has 70 valence electrons. The molecule has 0 aromatic rings. The molecule has 1 N–H and O–H groups in total. The topological polar surface area (TPSA) is 50.7 Å². The fourth-order valence-electron chi connectivity index (χ4n) is 1.07. The second-order valence-corrected chi connectivity index (χ2v) is 2.62. The number of rotatable bonds is 2. The third-order valence-electron chi connectivity index (χ3n) is 1.56. The Morgan fingerprint density at radius 1 is 1.62 bits per heavy atom. The van der Waals surface area contributed by atoms with E-state index in [4.69, 9.17) is 0 Å². The zero-order valence-electron chi connectivity index (χ0n) is 7.65. The number of hydrogen-bond acceptors (Lipinski definition) is 3. The molecule has 4 nitrogen and oxygen atoms in total. The van der Waals surface area contributed by atoms with Gasteiger partial charge in [0.2, 0.25) is 5.91 Å². The number of nitrogens with zero attached hydrogens (tertiary/aromatic N) is 1. The van der Waals surface area contributed by atoms with Gasteiger partial charge in [-0.05, 0) is 6.08 Å². The molecule has 0 spiro atoms. The molecule has 0 radical (unpaired) electrons. The van der Waals surface area contributed by atoms with E-state index in [0.717, 1.165) is 0 Å². The third kappa shape index (κ3) is 2.74. The molecule has 1 amide bonds. The Bertz CT molecular complexity index is 279. The summed E-state index contributed by atoms with van der Waals surface area (Å²) in [5, 5.41) is 6.51. The molecule has 0 saturated heterocycles. The van der Waals surface area contributed by atoms with Gasteiger partial charge in [-0.3, -0.25) is 4.79 Å². The monoisotopic (exact) mass is 180 g/mol. The van der Waals surface area contributed by atoms with Crippen LogP contribution in [0.2, 0.25) is 0 Å². The average molecular weight is 180 g/mol. The first-order valence-corrected chi connectivity index (χ1v) is 3.97. The Morgan fingerprint density at radius 2 is 2.38 bits per heavy atom. The second kappa shape index (κ2) is 4.45. The van der Waals surface area contributed by atoms with Crippen molar-refractivity contribution in [2.75, 3.05) is 7.11 Å². The zero-order valence-corrected chi connectivity index (χ0v) is 7.65. The Morgan fingerprint density at radius 3 is 3.00 bits per heavy atom. The summed E-state index contributed by atoms with van der Waals surface area (Å²) >= 11 is 0. The molecule has 13 heavy (non-hydrogen) atoms. The van der Waals surface area contributed by atoms with E-state index in [-0.39, 0.29) is 11.9 Å². The van der Waals surface area contributed by atoms with Crippen molar-refractivity contribution < 1.29 is 9.63 Å². The van der Waals surface area contributed by atoms with Crippen LogP contribution in [-0.4, -0.2) is 24.8 Å². The van der Waals surface area contributed by atoms with Crippen LogP contribution in [-0.2, 0) is 9.63 Å². The van der Waals surface area contributed by atoms with Gasteiger partial charge in [0.1, 0.15) is 12.8 Å². The van der Waals surface area contributed by atoms with Gasteiger partial charge in [-0.2, -0.15) is 0 Å². The number of oxime groups is 1. The lowest BCUT2D eigenvalue weighted by molar-refractivity contribution is -0.119. The normalized spacial score (nSPS) is 23.2. The van der Waals surface area contributed by atoms with Gasteiger partial charge in [0, 0.05) is 6.92 Å². The summed E-state index contributed by atoms with van der Waals surface area (Å²) in [4.78, 5) is 15.4. The van der Waals surface area contributed by atoms with Crippen molar-refractivity contribution in [3.63, 3.8) is 0 Å². The van der Waals surface area contributed by atoms with Crippen LogP contribution in [0.15, 0.2) is 29.5 Å². The van der Waals surface area contributed by atoms with Crippen LogP contribution in [0.1, 0.15) is 6.92 Å². The number of allylic oxidation sites excluding steroid dienone is 2. The summed E-state index contributed by atoms with van der Waals surface area (Å²) in [6.45, 7) is 1.47. The molecule has 0 aromatic heterocycles. The summed E-state index contributed by atoms with van der Waals surface area (Å²) < 4.78 is 0. The van der Waals surface area contributed by atoms with Gasteiger partial charge in [0.15, 0.2) is 0 Å². The lowest BCUT2D eigenvalue weighted by atomic mass is 10.1. The first-order valence-electron chi connectivity index (χ1n) is 3.97. The van der Waals surface area contributed by atoms with Gasteiger partial charge in [-0.1, -0.05) is 23.4 Å². The smallest absolute Gasteiger partial charge is 0.217 e. The average Bonchev–Trinajstić information content (AvgIpc) is 2.08. The molecule has 1 aliphatic rings. The number of hydrogen-bond donors (Lipinski definition) is 1. The molecule has 0 aliphatic heterocycles. The summed E-state index contributed by atoms with van der Waals surface area (Å²) in [6, 6.07) is -0.178. The van der Waals surface area contributed by atoms with E-state index in [2.05, 4.69) is 15.3 Å². The zero-order chi connectivity index (χ0) is 9.68. The maximum absolute atomic E-state index is 10.8. The van der Waals surface area contributed by atoms with E-state index in [1.807, 2.05) is 18.2 Å². The minimum Gasteiger partial charge on any atom is -0.399 e. The van der Waals surface area contributed by atoms with Crippen molar-refractivity contribution in [2.24, 2.45) is 5.16 Å². The van der Waals surface area contributed by atoms with Crippen molar-refractivity contribution in [2.45, 2.75) is 13.0 Å². The molecule has 4 heteroatoms. The summed E-state index contributed by atoms with van der Waals surface area (Å²) in [7, 11) is 1.48. The Kier molecular flexibility index (Phi) is 3.25. The minimum absolute atomic E-state index is 0.0891. The third-order valence-corrected chi connectivity index (χ3v) is 1.56. The SMILES string of the molecule is CON=C1C=CC=CC1NC(C)=O. The molecule has 0 fully saturated rings. The predicted molar refractivity (Wildman–Crippen MR) is 50.3 cm³/mol. The maximum Gasteiger partial charge on any atom is 0.217 e. The highest BCUT2D eigenvalue weighted by Crippen LogP contribution is 2.01. The van der Waals surface area contributed by atoms with Gasteiger partial charge >= 0.3 is 0 Å². The standard InChI is InChI=1S/C9H12N2O2/c1-7(12)10-8-5-3-4-6-9(8)11-13-2/h3-6,8H,1-2H3,(H,10,12). The summed E-state index contributed by atoms with van der Waals surface area (Å²) in [5.41, 5.74) is 0.695. The lowest BCUT2D eigenvalue weighted by Gasteiger charge is -2.15. The van der Waals surface area contributed by atoms with Gasteiger partial charge in [-0.15, -0.1) is 0 Å². The highest BCUT2D eigenvalue weighted by atomic mass is 16.6. The van der Waals surface area contributed by atoms with Crippen molar-refractivity contribution in [1.82, 2.24) is 5.32 Å². The van der Waals surface area contributed by atoms with Crippen LogP contribution in [0.3, 0.4) is 0 Å². The Hall–Kier alpha value is -1.58. The molecule has 1 unspecified atom stereocenters. The molecular weight excluding hydrogens is 168 g/mol. The molecule has 0 saturated carbocycles.